The first-order valence-electron chi connectivity index (χ1n) is 7.18. The van der Waals surface area contributed by atoms with Crippen molar-refractivity contribution in [1.82, 2.24) is 10.3 Å². The van der Waals surface area contributed by atoms with Gasteiger partial charge in [0.25, 0.3) is 0 Å². The fourth-order valence-corrected chi connectivity index (χ4v) is 2.01. The van der Waals surface area contributed by atoms with Gasteiger partial charge in [-0.05, 0) is 18.5 Å². The summed E-state index contributed by atoms with van der Waals surface area (Å²) in [6.07, 6.45) is 1.67. The summed E-state index contributed by atoms with van der Waals surface area (Å²) in [6, 6.07) is 1.73. The number of pyridine rings is 1. The van der Waals surface area contributed by atoms with E-state index in [1.807, 2.05) is 11.8 Å². The predicted molar refractivity (Wildman–Crippen MR) is 80.5 cm³/mol. The van der Waals surface area contributed by atoms with Gasteiger partial charge in [-0.15, -0.1) is 0 Å². The smallest absolute Gasteiger partial charge is 0.170 e. The average molecular weight is 283 g/mol. The van der Waals surface area contributed by atoms with Crippen LogP contribution < -0.4 is 10.2 Å². The van der Waals surface area contributed by atoms with Crippen LogP contribution in [-0.4, -0.2) is 38.3 Å². The van der Waals surface area contributed by atoms with Gasteiger partial charge in [0.15, 0.2) is 11.6 Å². The highest BCUT2D eigenvalue weighted by atomic mass is 19.1. The van der Waals surface area contributed by atoms with E-state index in [-0.39, 0.29) is 5.82 Å². The summed E-state index contributed by atoms with van der Waals surface area (Å²) >= 11 is 0. The van der Waals surface area contributed by atoms with Gasteiger partial charge < -0.3 is 15.0 Å². The fraction of sp³-hybridized carbons (Fsp3) is 0.667. The fourth-order valence-electron chi connectivity index (χ4n) is 2.01. The first-order valence-corrected chi connectivity index (χ1v) is 7.18. The minimum Gasteiger partial charge on any atom is -0.383 e. The summed E-state index contributed by atoms with van der Waals surface area (Å²) in [6.45, 7) is 9.53. The molecule has 1 aromatic heterocycles. The first-order chi connectivity index (χ1) is 9.60. The molecule has 1 rings (SSSR count). The quantitative estimate of drug-likeness (QED) is 0.755. The topological polar surface area (TPSA) is 37.4 Å². The van der Waals surface area contributed by atoms with Crippen molar-refractivity contribution in [1.29, 1.82) is 0 Å². The largest absolute Gasteiger partial charge is 0.383 e. The van der Waals surface area contributed by atoms with E-state index in [4.69, 9.17) is 4.74 Å². The molecule has 0 spiro atoms. The molecular formula is C15H26FN3O. The lowest BCUT2D eigenvalue weighted by Gasteiger charge is -2.26. The molecule has 4 nitrogen and oxygen atoms in total. The summed E-state index contributed by atoms with van der Waals surface area (Å²) in [5.41, 5.74) is 0.656. The van der Waals surface area contributed by atoms with Gasteiger partial charge in [-0.1, -0.05) is 20.8 Å². The van der Waals surface area contributed by atoms with E-state index in [1.54, 1.807) is 19.4 Å². The molecule has 0 radical (unpaired) electrons. The molecule has 0 unspecified atom stereocenters. The van der Waals surface area contributed by atoms with Gasteiger partial charge in [0.2, 0.25) is 0 Å². The molecule has 0 aromatic carbocycles. The average Bonchev–Trinajstić information content (AvgIpc) is 2.42. The molecule has 0 fully saturated rings. The van der Waals surface area contributed by atoms with E-state index >= 15 is 0 Å². The van der Waals surface area contributed by atoms with Crippen molar-refractivity contribution in [2.45, 2.75) is 27.3 Å². The number of nitrogens with zero attached hydrogens (tertiary/aromatic N) is 2. The van der Waals surface area contributed by atoms with Crippen LogP contribution in [-0.2, 0) is 11.3 Å². The van der Waals surface area contributed by atoms with E-state index in [0.29, 0.717) is 37.0 Å². The molecule has 0 aliphatic heterocycles. The Kier molecular flexibility index (Phi) is 7.47. The SMILES string of the molecule is CCNCc1ccnc(N(CCOC)CC(C)C)c1F. The second-order valence-electron chi connectivity index (χ2n) is 5.22. The maximum absolute atomic E-state index is 14.5. The van der Waals surface area contributed by atoms with Gasteiger partial charge in [0, 0.05) is 38.5 Å². The summed E-state index contributed by atoms with van der Waals surface area (Å²) in [7, 11) is 1.65. The van der Waals surface area contributed by atoms with Crippen molar-refractivity contribution in [2.75, 3.05) is 38.3 Å². The molecule has 1 aromatic rings. The number of hydrogen-bond acceptors (Lipinski definition) is 4. The minimum absolute atomic E-state index is 0.231. The van der Waals surface area contributed by atoms with Crippen LogP contribution >= 0.6 is 0 Å². The third-order valence-electron chi connectivity index (χ3n) is 2.97. The number of anilines is 1. The van der Waals surface area contributed by atoms with Gasteiger partial charge in [0.1, 0.15) is 0 Å². The number of aromatic nitrogens is 1. The summed E-state index contributed by atoms with van der Waals surface area (Å²) in [4.78, 5) is 6.18. The first kappa shape index (κ1) is 16.9. The second-order valence-corrected chi connectivity index (χ2v) is 5.22. The number of ether oxygens (including phenoxy) is 1. The van der Waals surface area contributed by atoms with Gasteiger partial charge >= 0.3 is 0 Å². The Bertz CT molecular complexity index is 399. The number of hydrogen-bond donors (Lipinski definition) is 1. The molecule has 20 heavy (non-hydrogen) atoms. The Morgan fingerprint density at radius 3 is 2.80 bits per heavy atom. The highest BCUT2D eigenvalue weighted by Gasteiger charge is 2.17. The van der Waals surface area contributed by atoms with Crippen molar-refractivity contribution >= 4 is 5.82 Å². The van der Waals surface area contributed by atoms with Crippen LogP contribution in [0, 0.1) is 11.7 Å². The number of rotatable bonds is 9. The van der Waals surface area contributed by atoms with Crippen molar-refractivity contribution in [2.24, 2.45) is 5.92 Å². The summed E-state index contributed by atoms with van der Waals surface area (Å²) < 4.78 is 19.6. The third kappa shape index (κ3) is 5.06. The molecule has 0 saturated heterocycles. The Balaban J connectivity index is 2.93. The van der Waals surface area contributed by atoms with E-state index in [0.717, 1.165) is 13.1 Å². The number of halogens is 1. The van der Waals surface area contributed by atoms with Crippen LogP contribution in [0.4, 0.5) is 10.2 Å². The molecule has 114 valence electrons. The van der Waals surface area contributed by atoms with E-state index in [9.17, 15) is 4.39 Å². The van der Waals surface area contributed by atoms with Crippen molar-refractivity contribution in [3.05, 3.63) is 23.6 Å². The van der Waals surface area contributed by atoms with E-state index in [2.05, 4.69) is 24.1 Å². The molecule has 0 saturated carbocycles. The monoisotopic (exact) mass is 283 g/mol. The standard InChI is InChI=1S/C15H26FN3O/c1-5-17-10-13-6-7-18-15(14(13)16)19(8-9-20-4)11-12(2)3/h6-7,12,17H,5,8-11H2,1-4H3. The molecule has 1 N–H and O–H groups in total. The highest BCUT2D eigenvalue weighted by molar-refractivity contribution is 5.43. The molecule has 0 aliphatic rings. The number of nitrogens with one attached hydrogen (secondary N) is 1. The predicted octanol–water partition coefficient (Wildman–Crippen LogP) is 2.44. The maximum atomic E-state index is 14.5. The van der Waals surface area contributed by atoms with Gasteiger partial charge in [-0.2, -0.15) is 0 Å². The van der Waals surface area contributed by atoms with Crippen LogP contribution in [0.5, 0.6) is 0 Å². The minimum atomic E-state index is -0.231. The molecule has 0 amide bonds. The normalized spacial score (nSPS) is 11.1. The lowest BCUT2D eigenvalue weighted by atomic mass is 10.2. The number of methoxy groups -OCH3 is 1. The maximum Gasteiger partial charge on any atom is 0.170 e. The third-order valence-corrected chi connectivity index (χ3v) is 2.97. The Hall–Kier alpha value is -1.20. The molecule has 0 aliphatic carbocycles. The van der Waals surface area contributed by atoms with E-state index in [1.165, 1.54) is 0 Å². The van der Waals surface area contributed by atoms with Crippen LogP contribution in [0.1, 0.15) is 26.3 Å². The molecule has 5 heteroatoms. The molecule has 0 atom stereocenters. The van der Waals surface area contributed by atoms with Crippen molar-refractivity contribution in [3.8, 4) is 0 Å². The highest BCUT2D eigenvalue weighted by Crippen LogP contribution is 2.20. The zero-order chi connectivity index (χ0) is 15.0. The Morgan fingerprint density at radius 1 is 1.45 bits per heavy atom. The van der Waals surface area contributed by atoms with Crippen LogP contribution in [0.2, 0.25) is 0 Å². The van der Waals surface area contributed by atoms with Crippen molar-refractivity contribution in [3.63, 3.8) is 0 Å². The van der Waals surface area contributed by atoms with Crippen LogP contribution in [0.15, 0.2) is 12.3 Å². The van der Waals surface area contributed by atoms with Crippen LogP contribution in [0.25, 0.3) is 0 Å². The Labute approximate surface area is 121 Å². The lowest BCUT2D eigenvalue weighted by molar-refractivity contribution is 0.204. The van der Waals surface area contributed by atoms with Gasteiger partial charge in [-0.3, -0.25) is 0 Å². The van der Waals surface area contributed by atoms with Gasteiger partial charge in [0.05, 0.1) is 6.61 Å². The van der Waals surface area contributed by atoms with Crippen molar-refractivity contribution < 1.29 is 9.13 Å². The zero-order valence-electron chi connectivity index (χ0n) is 12.9. The van der Waals surface area contributed by atoms with Gasteiger partial charge in [-0.25, -0.2) is 9.37 Å². The van der Waals surface area contributed by atoms with Crippen LogP contribution in [0.3, 0.4) is 0 Å². The summed E-state index contributed by atoms with van der Waals surface area (Å²) in [5.74, 6) is 0.627. The zero-order valence-corrected chi connectivity index (χ0v) is 12.9. The molecule has 0 bridgehead atoms. The second kappa shape index (κ2) is 8.87. The summed E-state index contributed by atoms with van der Waals surface area (Å²) in [5, 5.41) is 3.14. The lowest BCUT2D eigenvalue weighted by Crippen LogP contribution is -2.32. The van der Waals surface area contributed by atoms with E-state index < -0.39 is 0 Å². The Morgan fingerprint density at radius 2 is 2.20 bits per heavy atom. The molecular weight excluding hydrogens is 257 g/mol. The molecule has 1 heterocycles.